The normalized spacial score (nSPS) is 12.7. The second-order valence-corrected chi connectivity index (χ2v) is 4.00. The van der Waals surface area contributed by atoms with Crippen LogP contribution >= 0.6 is 0 Å². The van der Waals surface area contributed by atoms with Gasteiger partial charge in [-0.15, -0.1) is 6.58 Å². The van der Waals surface area contributed by atoms with E-state index in [9.17, 15) is 0 Å². The van der Waals surface area contributed by atoms with E-state index < -0.39 is 0 Å². The standard InChI is InChI=1S/C13H27N/c1-4-7-8-9-10-11-13(6-3)14-12-5-2/h6,13-14H,3-5,7-12H2,1-2H3. The zero-order valence-corrected chi connectivity index (χ0v) is 10.0. The van der Waals surface area contributed by atoms with Crippen LogP contribution in [0.1, 0.15) is 58.8 Å². The van der Waals surface area contributed by atoms with E-state index in [2.05, 4.69) is 31.8 Å². The van der Waals surface area contributed by atoms with Gasteiger partial charge in [0.25, 0.3) is 0 Å². The Labute approximate surface area is 90.0 Å². The lowest BCUT2D eigenvalue weighted by Crippen LogP contribution is -2.27. The molecule has 0 aliphatic heterocycles. The fourth-order valence-electron chi connectivity index (χ4n) is 1.60. The van der Waals surface area contributed by atoms with Crippen molar-refractivity contribution in [2.75, 3.05) is 6.54 Å². The van der Waals surface area contributed by atoms with Gasteiger partial charge in [-0.3, -0.25) is 0 Å². The zero-order valence-electron chi connectivity index (χ0n) is 10.0. The Morgan fingerprint density at radius 2 is 1.79 bits per heavy atom. The molecule has 0 heterocycles. The first kappa shape index (κ1) is 13.7. The van der Waals surface area contributed by atoms with Crippen molar-refractivity contribution in [3.8, 4) is 0 Å². The number of rotatable bonds is 10. The molecule has 0 radical (unpaired) electrons. The molecule has 0 fully saturated rings. The van der Waals surface area contributed by atoms with Crippen LogP contribution in [0.15, 0.2) is 12.7 Å². The van der Waals surface area contributed by atoms with E-state index in [1.165, 1.54) is 44.9 Å². The van der Waals surface area contributed by atoms with Crippen LogP contribution in [0.25, 0.3) is 0 Å². The summed E-state index contributed by atoms with van der Waals surface area (Å²) < 4.78 is 0. The molecule has 1 N–H and O–H groups in total. The molecule has 14 heavy (non-hydrogen) atoms. The van der Waals surface area contributed by atoms with E-state index in [0.717, 1.165) is 6.54 Å². The van der Waals surface area contributed by atoms with E-state index >= 15 is 0 Å². The summed E-state index contributed by atoms with van der Waals surface area (Å²) in [5.74, 6) is 0. The fraction of sp³-hybridized carbons (Fsp3) is 0.846. The van der Waals surface area contributed by atoms with Gasteiger partial charge < -0.3 is 5.32 Å². The quantitative estimate of drug-likeness (QED) is 0.414. The Balaban J connectivity index is 3.28. The maximum absolute atomic E-state index is 3.87. The molecule has 0 bridgehead atoms. The third kappa shape index (κ3) is 8.31. The van der Waals surface area contributed by atoms with Gasteiger partial charge in [-0.25, -0.2) is 0 Å². The maximum Gasteiger partial charge on any atom is 0.0247 e. The lowest BCUT2D eigenvalue weighted by atomic mass is 10.1. The van der Waals surface area contributed by atoms with Crippen molar-refractivity contribution >= 4 is 0 Å². The molecule has 0 rings (SSSR count). The van der Waals surface area contributed by atoms with E-state index in [4.69, 9.17) is 0 Å². The second kappa shape index (κ2) is 10.8. The van der Waals surface area contributed by atoms with Crippen LogP contribution < -0.4 is 5.32 Å². The van der Waals surface area contributed by atoms with Crippen molar-refractivity contribution in [3.05, 3.63) is 12.7 Å². The predicted octanol–water partition coefficient (Wildman–Crippen LogP) is 3.90. The van der Waals surface area contributed by atoms with Crippen molar-refractivity contribution < 1.29 is 0 Å². The molecular weight excluding hydrogens is 170 g/mol. The maximum atomic E-state index is 3.87. The Morgan fingerprint density at radius 1 is 1.07 bits per heavy atom. The average Bonchev–Trinajstić information content (AvgIpc) is 2.22. The molecule has 1 unspecified atom stereocenters. The van der Waals surface area contributed by atoms with E-state index in [1.54, 1.807) is 0 Å². The first-order chi connectivity index (χ1) is 6.85. The molecular formula is C13H27N. The van der Waals surface area contributed by atoms with Crippen molar-refractivity contribution in [1.82, 2.24) is 5.32 Å². The largest absolute Gasteiger partial charge is 0.311 e. The number of hydrogen-bond donors (Lipinski definition) is 1. The highest BCUT2D eigenvalue weighted by atomic mass is 14.9. The SMILES string of the molecule is C=CC(CCCCCCC)NCCC. The second-order valence-electron chi connectivity index (χ2n) is 4.00. The van der Waals surface area contributed by atoms with Crippen molar-refractivity contribution in [3.63, 3.8) is 0 Å². The minimum atomic E-state index is 0.538. The monoisotopic (exact) mass is 197 g/mol. The summed E-state index contributed by atoms with van der Waals surface area (Å²) in [6, 6.07) is 0.538. The van der Waals surface area contributed by atoms with Crippen LogP contribution in [-0.2, 0) is 0 Å². The summed E-state index contributed by atoms with van der Waals surface area (Å²) in [5.41, 5.74) is 0. The summed E-state index contributed by atoms with van der Waals surface area (Å²) in [5, 5.41) is 3.49. The van der Waals surface area contributed by atoms with Gasteiger partial charge in [-0.05, 0) is 19.4 Å². The number of nitrogens with one attached hydrogen (secondary N) is 1. The summed E-state index contributed by atoms with van der Waals surface area (Å²) in [4.78, 5) is 0. The predicted molar refractivity (Wildman–Crippen MR) is 65.7 cm³/mol. The molecule has 0 amide bonds. The summed E-state index contributed by atoms with van der Waals surface area (Å²) in [7, 11) is 0. The summed E-state index contributed by atoms with van der Waals surface area (Å²) in [6.07, 6.45) is 11.4. The highest BCUT2D eigenvalue weighted by molar-refractivity contribution is 4.84. The van der Waals surface area contributed by atoms with E-state index in [0.29, 0.717) is 6.04 Å². The molecule has 0 saturated heterocycles. The third-order valence-corrected chi connectivity index (χ3v) is 2.56. The average molecular weight is 197 g/mol. The lowest BCUT2D eigenvalue weighted by molar-refractivity contribution is 0.512. The van der Waals surface area contributed by atoms with Gasteiger partial charge in [0.15, 0.2) is 0 Å². The molecule has 1 heteroatoms. The zero-order chi connectivity index (χ0) is 10.6. The van der Waals surface area contributed by atoms with Gasteiger partial charge in [0.2, 0.25) is 0 Å². The van der Waals surface area contributed by atoms with Gasteiger partial charge >= 0.3 is 0 Å². The molecule has 1 nitrogen and oxygen atoms in total. The van der Waals surface area contributed by atoms with Crippen LogP contribution in [0.3, 0.4) is 0 Å². The lowest BCUT2D eigenvalue weighted by Gasteiger charge is -2.13. The molecule has 0 aromatic carbocycles. The van der Waals surface area contributed by atoms with Gasteiger partial charge in [-0.1, -0.05) is 52.0 Å². The first-order valence-electron chi connectivity index (χ1n) is 6.21. The van der Waals surface area contributed by atoms with Crippen molar-refractivity contribution in [2.45, 2.75) is 64.8 Å². The number of hydrogen-bond acceptors (Lipinski definition) is 1. The third-order valence-electron chi connectivity index (χ3n) is 2.56. The first-order valence-corrected chi connectivity index (χ1v) is 6.21. The highest BCUT2D eigenvalue weighted by Gasteiger charge is 2.01. The Bertz CT molecular complexity index is 120. The molecule has 84 valence electrons. The van der Waals surface area contributed by atoms with Crippen molar-refractivity contribution in [1.29, 1.82) is 0 Å². The highest BCUT2D eigenvalue weighted by Crippen LogP contribution is 2.07. The Morgan fingerprint density at radius 3 is 2.36 bits per heavy atom. The van der Waals surface area contributed by atoms with Gasteiger partial charge in [-0.2, -0.15) is 0 Å². The molecule has 0 aromatic heterocycles. The fourth-order valence-corrected chi connectivity index (χ4v) is 1.60. The van der Waals surface area contributed by atoms with Crippen LogP contribution in [0.4, 0.5) is 0 Å². The van der Waals surface area contributed by atoms with Gasteiger partial charge in [0.05, 0.1) is 0 Å². The molecule has 1 atom stereocenters. The molecule has 0 aliphatic carbocycles. The molecule has 0 aliphatic rings. The summed E-state index contributed by atoms with van der Waals surface area (Å²) >= 11 is 0. The smallest absolute Gasteiger partial charge is 0.0247 e. The Kier molecular flexibility index (Phi) is 10.5. The molecule has 0 spiro atoms. The topological polar surface area (TPSA) is 12.0 Å². The minimum absolute atomic E-state index is 0.538. The molecule has 0 saturated carbocycles. The van der Waals surface area contributed by atoms with E-state index in [1.807, 2.05) is 0 Å². The summed E-state index contributed by atoms with van der Waals surface area (Å²) in [6.45, 7) is 9.45. The van der Waals surface area contributed by atoms with Crippen LogP contribution in [0, 0.1) is 0 Å². The van der Waals surface area contributed by atoms with Crippen molar-refractivity contribution in [2.24, 2.45) is 0 Å². The van der Waals surface area contributed by atoms with Crippen LogP contribution in [-0.4, -0.2) is 12.6 Å². The Hall–Kier alpha value is -0.300. The van der Waals surface area contributed by atoms with Gasteiger partial charge in [0.1, 0.15) is 0 Å². The van der Waals surface area contributed by atoms with Gasteiger partial charge in [0, 0.05) is 6.04 Å². The molecule has 0 aromatic rings. The number of unbranched alkanes of at least 4 members (excludes halogenated alkanes) is 4. The van der Waals surface area contributed by atoms with E-state index in [-0.39, 0.29) is 0 Å². The minimum Gasteiger partial charge on any atom is -0.311 e. The van der Waals surface area contributed by atoms with Crippen LogP contribution in [0.2, 0.25) is 0 Å². The van der Waals surface area contributed by atoms with Crippen LogP contribution in [0.5, 0.6) is 0 Å².